The van der Waals surface area contributed by atoms with E-state index < -0.39 is 5.82 Å². The average Bonchev–Trinajstić information content (AvgIpc) is 3.39. The maximum Gasteiger partial charge on any atom is 0.239 e. The molecule has 2 saturated heterocycles. The Bertz CT molecular complexity index is 914. The molecule has 3 N–H and O–H groups in total. The van der Waals surface area contributed by atoms with Gasteiger partial charge in [-0.2, -0.15) is 0 Å². The highest BCUT2D eigenvalue weighted by Gasteiger charge is 2.53. The number of amides is 1. The molecule has 4 fully saturated rings. The Kier molecular flexibility index (Phi) is 8.68. The number of halogens is 2. The number of hydrogen-bond acceptors (Lipinski definition) is 6. The average molecular weight is 539 g/mol. The van der Waals surface area contributed by atoms with E-state index in [4.69, 9.17) is 16.3 Å². The molecule has 4 aliphatic rings. The number of nitrogens with zero attached hydrogens (tertiary/aromatic N) is 1. The van der Waals surface area contributed by atoms with Crippen molar-refractivity contribution in [1.29, 1.82) is 0 Å². The van der Waals surface area contributed by atoms with Crippen LogP contribution in [0.1, 0.15) is 64.7 Å². The van der Waals surface area contributed by atoms with Gasteiger partial charge in [0.2, 0.25) is 5.91 Å². The number of hydrogen-bond donors (Lipinski definition) is 3. The molecule has 0 radical (unpaired) electrons. The van der Waals surface area contributed by atoms with E-state index in [1.54, 1.807) is 6.07 Å². The predicted molar refractivity (Wildman–Crippen MR) is 144 cm³/mol. The highest BCUT2D eigenvalue weighted by Crippen LogP contribution is 2.43. The third-order valence-corrected chi connectivity index (χ3v) is 10.2. The summed E-state index contributed by atoms with van der Waals surface area (Å²) in [5.41, 5.74) is 0.172. The number of nitrogens with one attached hydrogen (secondary N) is 3. The number of fused-ring (bicyclic) bond motifs is 1. The molecule has 2 saturated carbocycles. The van der Waals surface area contributed by atoms with Crippen LogP contribution in [0.25, 0.3) is 0 Å². The molecule has 200 valence electrons. The zero-order chi connectivity index (χ0) is 25.1. The first-order valence-electron chi connectivity index (χ1n) is 13.7. The molecule has 1 aromatic carbocycles. The van der Waals surface area contributed by atoms with Crippen LogP contribution in [-0.4, -0.2) is 65.4 Å². The van der Waals surface area contributed by atoms with Crippen LogP contribution in [0.15, 0.2) is 18.2 Å². The molecule has 9 heteroatoms. The maximum absolute atomic E-state index is 13.7. The van der Waals surface area contributed by atoms with Gasteiger partial charge in [0.05, 0.1) is 5.02 Å². The van der Waals surface area contributed by atoms with Crippen LogP contribution in [0.4, 0.5) is 4.39 Å². The molecule has 0 spiro atoms. The Morgan fingerprint density at radius 3 is 2.78 bits per heavy atom. The van der Waals surface area contributed by atoms with E-state index in [-0.39, 0.29) is 34.1 Å². The van der Waals surface area contributed by atoms with Gasteiger partial charge in [-0.05, 0) is 70.0 Å². The predicted octanol–water partition coefficient (Wildman–Crippen LogP) is 4.52. The fourth-order valence-corrected chi connectivity index (χ4v) is 8.21. The zero-order valence-corrected chi connectivity index (χ0v) is 22.8. The Morgan fingerprint density at radius 2 is 2.06 bits per heavy atom. The van der Waals surface area contributed by atoms with E-state index in [1.165, 1.54) is 44.2 Å². The lowest BCUT2D eigenvalue weighted by atomic mass is 9.74. The minimum atomic E-state index is -0.472. The van der Waals surface area contributed by atoms with Crippen LogP contribution in [0.5, 0.6) is 5.75 Å². The van der Waals surface area contributed by atoms with Gasteiger partial charge in [0.15, 0.2) is 0 Å². The Balaban J connectivity index is 1.10. The smallest absolute Gasteiger partial charge is 0.239 e. The van der Waals surface area contributed by atoms with Crippen LogP contribution < -0.4 is 20.7 Å². The van der Waals surface area contributed by atoms with Crippen LogP contribution in [0.3, 0.4) is 0 Å². The summed E-state index contributed by atoms with van der Waals surface area (Å²) in [7, 11) is 0. The van der Waals surface area contributed by atoms with E-state index in [2.05, 4.69) is 27.8 Å². The summed E-state index contributed by atoms with van der Waals surface area (Å²) >= 11 is 7.70. The first-order chi connectivity index (χ1) is 17.5. The molecular weight excluding hydrogens is 499 g/mol. The highest BCUT2D eigenvalue weighted by molar-refractivity contribution is 8.00. The quantitative estimate of drug-likeness (QED) is 0.381. The number of rotatable bonds is 10. The van der Waals surface area contributed by atoms with Gasteiger partial charge in [0.25, 0.3) is 0 Å². The number of thioether (sulfide) groups is 1. The van der Waals surface area contributed by atoms with Gasteiger partial charge in [-0.15, -0.1) is 11.8 Å². The Morgan fingerprint density at radius 1 is 1.25 bits per heavy atom. The fourth-order valence-electron chi connectivity index (χ4n) is 6.49. The molecule has 4 unspecified atom stereocenters. The number of benzene rings is 1. The monoisotopic (exact) mass is 538 g/mol. The second-order valence-electron chi connectivity index (χ2n) is 11.0. The first kappa shape index (κ1) is 26.5. The molecule has 2 aliphatic heterocycles. The molecular formula is C27H40ClFN4O2S. The highest BCUT2D eigenvalue weighted by atomic mass is 35.5. The minimum Gasteiger partial charge on any atom is -0.492 e. The van der Waals surface area contributed by atoms with Crippen LogP contribution in [-0.2, 0) is 4.79 Å². The van der Waals surface area contributed by atoms with E-state index >= 15 is 0 Å². The molecule has 5 rings (SSSR count). The van der Waals surface area contributed by atoms with E-state index in [9.17, 15) is 9.18 Å². The second kappa shape index (κ2) is 11.8. The van der Waals surface area contributed by atoms with E-state index in [0.717, 1.165) is 43.9 Å². The lowest BCUT2D eigenvalue weighted by Crippen LogP contribution is -2.61. The fraction of sp³-hybridized carbons (Fsp3) is 0.741. The van der Waals surface area contributed by atoms with Crippen molar-refractivity contribution in [3.8, 4) is 5.75 Å². The van der Waals surface area contributed by atoms with Crippen molar-refractivity contribution in [1.82, 2.24) is 20.9 Å². The molecule has 2 heterocycles. The van der Waals surface area contributed by atoms with Gasteiger partial charge in [0.1, 0.15) is 29.7 Å². The zero-order valence-electron chi connectivity index (χ0n) is 21.2. The lowest BCUT2D eigenvalue weighted by Gasteiger charge is -2.45. The Labute approximate surface area is 223 Å². The first-order valence-corrected chi connectivity index (χ1v) is 15.1. The molecule has 1 aromatic rings. The maximum atomic E-state index is 13.7. The number of carbonyl (C=O) groups excluding carboxylic acids is 1. The minimum absolute atomic E-state index is 0.0875. The van der Waals surface area contributed by atoms with Gasteiger partial charge in [0, 0.05) is 36.0 Å². The summed E-state index contributed by atoms with van der Waals surface area (Å²) in [6, 6.07) is 5.08. The van der Waals surface area contributed by atoms with Crippen LogP contribution in [0.2, 0.25) is 5.02 Å². The molecule has 2 aliphatic carbocycles. The summed E-state index contributed by atoms with van der Waals surface area (Å²) in [6.07, 6.45) is 10.8. The van der Waals surface area contributed by atoms with Gasteiger partial charge in [-0.25, -0.2) is 4.39 Å². The molecule has 0 aromatic heterocycles. The molecule has 0 bridgehead atoms. The van der Waals surface area contributed by atoms with Gasteiger partial charge in [-0.3, -0.25) is 15.0 Å². The summed E-state index contributed by atoms with van der Waals surface area (Å²) in [6.45, 7) is 4.09. The number of carbonyl (C=O) groups is 1. The normalized spacial score (nSPS) is 30.1. The summed E-state index contributed by atoms with van der Waals surface area (Å²) in [5, 5.41) is 10.7. The van der Waals surface area contributed by atoms with Gasteiger partial charge < -0.3 is 15.4 Å². The van der Waals surface area contributed by atoms with Crippen LogP contribution >= 0.6 is 23.4 Å². The summed E-state index contributed by atoms with van der Waals surface area (Å²) < 4.78 is 19.2. The molecule has 6 nitrogen and oxygen atoms in total. The second-order valence-corrected chi connectivity index (χ2v) is 12.6. The van der Waals surface area contributed by atoms with Crippen molar-refractivity contribution in [2.24, 2.45) is 5.92 Å². The molecule has 1 amide bonds. The number of ether oxygens (including phenoxy) is 1. The van der Waals surface area contributed by atoms with Crippen LogP contribution in [0, 0.1) is 11.7 Å². The largest absolute Gasteiger partial charge is 0.492 e. The van der Waals surface area contributed by atoms with Crippen molar-refractivity contribution in [2.75, 3.05) is 25.4 Å². The third kappa shape index (κ3) is 5.83. The van der Waals surface area contributed by atoms with Crippen molar-refractivity contribution in [2.45, 2.75) is 93.9 Å². The topological polar surface area (TPSA) is 65.6 Å². The van der Waals surface area contributed by atoms with Crippen molar-refractivity contribution < 1.29 is 13.9 Å². The lowest BCUT2D eigenvalue weighted by molar-refractivity contribution is -0.130. The van der Waals surface area contributed by atoms with Crippen molar-refractivity contribution >= 4 is 29.3 Å². The van der Waals surface area contributed by atoms with Crippen molar-refractivity contribution in [3.63, 3.8) is 0 Å². The van der Waals surface area contributed by atoms with Gasteiger partial charge in [-0.1, -0.05) is 30.9 Å². The van der Waals surface area contributed by atoms with Gasteiger partial charge >= 0.3 is 0 Å². The Hall–Kier alpha value is -1.06. The summed E-state index contributed by atoms with van der Waals surface area (Å²) in [5.74, 6) is 2.07. The molecule has 4 atom stereocenters. The molecule has 36 heavy (non-hydrogen) atoms. The third-order valence-electron chi connectivity index (χ3n) is 8.66. The standard InChI is InChI=1S/C27H40ClFN4O2S/c1-18-24(33-23(17-36-26(33)31-18)19-6-3-2-4-7-19)25(34)32-27(10-5-11-27)12-13-30-14-15-35-20-8-9-21(28)22(29)16-20/h8-9,16,18-19,23-24,26,30-31H,2-7,10-15,17H2,1H3,(H,32,34). The van der Waals surface area contributed by atoms with Crippen molar-refractivity contribution in [3.05, 3.63) is 29.0 Å². The van der Waals surface area contributed by atoms with E-state index in [0.29, 0.717) is 24.9 Å². The van der Waals surface area contributed by atoms with E-state index in [1.807, 2.05) is 11.8 Å². The SMILES string of the molecule is CC1NC2SCC(C3CCCCC3)N2C1C(=O)NC1(CCNCCOc2ccc(Cl)c(F)c2)CCC1. The summed E-state index contributed by atoms with van der Waals surface area (Å²) in [4.78, 5) is 16.2.